The number of rotatable bonds is 0. The molecule has 0 aromatic carbocycles. The first-order valence-corrected chi connectivity index (χ1v) is 2.70. The van der Waals surface area contributed by atoms with Crippen molar-refractivity contribution in [3.05, 3.63) is 24.4 Å². The molecular formula is C6H9ClN2O. The van der Waals surface area contributed by atoms with Gasteiger partial charge in [0.25, 0.3) is 0 Å². The van der Waals surface area contributed by atoms with Crippen molar-refractivity contribution in [2.45, 2.75) is 0 Å². The number of primary amides is 1. The van der Waals surface area contributed by atoms with Crippen molar-refractivity contribution in [2.75, 3.05) is 6.54 Å². The summed E-state index contributed by atoms with van der Waals surface area (Å²) in [6.07, 6.45) is 7.17. The first kappa shape index (κ1) is 9.04. The van der Waals surface area contributed by atoms with E-state index in [4.69, 9.17) is 5.73 Å². The monoisotopic (exact) mass is 160 g/mol. The Kier molecular flexibility index (Phi) is 3.57. The highest BCUT2D eigenvalue weighted by Gasteiger charge is 2.03. The van der Waals surface area contributed by atoms with E-state index in [1.807, 2.05) is 12.2 Å². The van der Waals surface area contributed by atoms with Crippen molar-refractivity contribution in [2.24, 2.45) is 5.73 Å². The van der Waals surface area contributed by atoms with Gasteiger partial charge >= 0.3 is 6.03 Å². The Bertz CT molecular complexity index is 177. The molecule has 0 aromatic heterocycles. The predicted octanol–water partition coefficient (Wildman–Crippen LogP) is 0.872. The van der Waals surface area contributed by atoms with Gasteiger partial charge in [0.05, 0.1) is 0 Å². The number of carbonyl (C=O) groups is 1. The summed E-state index contributed by atoms with van der Waals surface area (Å²) in [5.74, 6) is 0. The second-order valence-electron chi connectivity index (χ2n) is 1.76. The maximum absolute atomic E-state index is 10.4. The molecule has 10 heavy (non-hydrogen) atoms. The van der Waals surface area contributed by atoms with Gasteiger partial charge in [0, 0.05) is 12.7 Å². The minimum absolute atomic E-state index is 0. The van der Waals surface area contributed by atoms with Crippen LogP contribution in [0.15, 0.2) is 24.4 Å². The third-order valence-corrected chi connectivity index (χ3v) is 1.10. The predicted molar refractivity (Wildman–Crippen MR) is 41.8 cm³/mol. The van der Waals surface area contributed by atoms with E-state index < -0.39 is 6.03 Å². The molecule has 0 fully saturated rings. The Balaban J connectivity index is 0.000000810. The molecule has 0 unspecified atom stereocenters. The third kappa shape index (κ3) is 2.11. The summed E-state index contributed by atoms with van der Waals surface area (Å²) in [4.78, 5) is 11.8. The molecule has 56 valence electrons. The Labute approximate surface area is 65.6 Å². The first-order valence-electron chi connectivity index (χ1n) is 2.70. The smallest absolute Gasteiger partial charge is 0.319 e. The molecular weight excluding hydrogens is 152 g/mol. The van der Waals surface area contributed by atoms with Crippen LogP contribution in [-0.4, -0.2) is 17.5 Å². The Morgan fingerprint density at radius 1 is 1.50 bits per heavy atom. The molecule has 0 bridgehead atoms. The van der Waals surface area contributed by atoms with Crippen LogP contribution in [0.5, 0.6) is 0 Å². The molecule has 0 aromatic rings. The van der Waals surface area contributed by atoms with Gasteiger partial charge in [0.1, 0.15) is 0 Å². The highest BCUT2D eigenvalue weighted by atomic mass is 35.5. The van der Waals surface area contributed by atoms with Crippen LogP contribution in [0.2, 0.25) is 0 Å². The second-order valence-corrected chi connectivity index (χ2v) is 1.76. The molecule has 0 atom stereocenters. The van der Waals surface area contributed by atoms with Crippen LogP contribution in [-0.2, 0) is 0 Å². The number of hydrogen-bond acceptors (Lipinski definition) is 1. The van der Waals surface area contributed by atoms with Crippen LogP contribution in [0, 0.1) is 0 Å². The van der Waals surface area contributed by atoms with Gasteiger partial charge in [0.2, 0.25) is 0 Å². The first-order chi connectivity index (χ1) is 4.30. The average molecular weight is 161 g/mol. The van der Waals surface area contributed by atoms with Crippen molar-refractivity contribution >= 4 is 18.4 Å². The van der Waals surface area contributed by atoms with Gasteiger partial charge in [-0.15, -0.1) is 12.4 Å². The SMILES string of the molecule is Cl.NC(=O)N1C=CC=CC1. The highest BCUT2D eigenvalue weighted by Crippen LogP contribution is 1.95. The molecule has 0 aliphatic carbocycles. The Hall–Kier alpha value is -0.960. The zero-order chi connectivity index (χ0) is 6.69. The normalized spacial score (nSPS) is 14.6. The van der Waals surface area contributed by atoms with E-state index >= 15 is 0 Å². The minimum Gasteiger partial charge on any atom is -0.351 e. The van der Waals surface area contributed by atoms with Gasteiger partial charge in [-0.1, -0.05) is 12.2 Å². The lowest BCUT2D eigenvalue weighted by molar-refractivity contribution is 0.228. The summed E-state index contributed by atoms with van der Waals surface area (Å²) in [5.41, 5.74) is 4.97. The van der Waals surface area contributed by atoms with Crippen molar-refractivity contribution in [3.8, 4) is 0 Å². The number of urea groups is 1. The maximum Gasteiger partial charge on any atom is 0.319 e. The van der Waals surface area contributed by atoms with E-state index in [-0.39, 0.29) is 12.4 Å². The molecule has 0 saturated heterocycles. The topological polar surface area (TPSA) is 46.3 Å². The lowest BCUT2D eigenvalue weighted by Crippen LogP contribution is -2.31. The van der Waals surface area contributed by atoms with Crippen LogP contribution in [0.3, 0.4) is 0 Å². The second kappa shape index (κ2) is 3.95. The highest BCUT2D eigenvalue weighted by molar-refractivity contribution is 5.85. The lowest BCUT2D eigenvalue weighted by Gasteiger charge is -2.14. The fraction of sp³-hybridized carbons (Fsp3) is 0.167. The van der Waals surface area contributed by atoms with Gasteiger partial charge in [-0.2, -0.15) is 0 Å². The molecule has 1 aliphatic rings. The zero-order valence-electron chi connectivity index (χ0n) is 5.36. The van der Waals surface area contributed by atoms with E-state index in [0.29, 0.717) is 6.54 Å². The summed E-state index contributed by atoms with van der Waals surface area (Å²) in [5, 5.41) is 0. The molecule has 1 rings (SSSR count). The average Bonchev–Trinajstić information content (AvgIpc) is 1.90. The number of carbonyl (C=O) groups excluding carboxylic acids is 1. The molecule has 1 heterocycles. The fourth-order valence-corrected chi connectivity index (χ4v) is 0.631. The van der Waals surface area contributed by atoms with Crippen LogP contribution < -0.4 is 5.73 Å². The largest absolute Gasteiger partial charge is 0.351 e. The van der Waals surface area contributed by atoms with Gasteiger partial charge < -0.3 is 5.73 Å². The van der Waals surface area contributed by atoms with Gasteiger partial charge in [-0.3, -0.25) is 4.90 Å². The zero-order valence-corrected chi connectivity index (χ0v) is 6.17. The quantitative estimate of drug-likeness (QED) is 0.562. The molecule has 2 amide bonds. The van der Waals surface area contributed by atoms with Crippen LogP contribution >= 0.6 is 12.4 Å². The third-order valence-electron chi connectivity index (χ3n) is 1.10. The molecule has 4 heteroatoms. The maximum atomic E-state index is 10.4. The standard InChI is InChI=1S/C6H8N2O.ClH/c7-6(9)8-4-2-1-3-5-8;/h1-4H,5H2,(H2,7,9);1H. The molecule has 0 radical (unpaired) electrons. The van der Waals surface area contributed by atoms with Gasteiger partial charge in [-0.05, 0) is 6.08 Å². The fourth-order valence-electron chi connectivity index (χ4n) is 0.631. The van der Waals surface area contributed by atoms with Crippen LogP contribution in [0.1, 0.15) is 0 Å². The number of allylic oxidation sites excluding steroid dienone is 2. The van der Waals surface area contributed by atoms with Crippen molar-refractivity contribution in [3.63, 3.8) is 0 Å². The molecule has 2 N–H and O–H groups in total. The van der Waals surface area contributed by atoms with E-state index in [1.165, 1.54) is 4.90 Å². The number of hydrogen-bond donors (Lipinski definition) is 1. The van der Waals surface area contributed by atoms with E-state index in [1.54, 1.807) is 12.3 Å². The molecule has 1 aliphatic heterocycles. The number of amides is 2. The van der Waals surface area contributed by atoms with E-state index in [2.05, 4.69) is 0 Å². The van der Waals surface area contributed by atoms with Crippen molar-refractivity contribution in [1.29, 1.82) is 0 Å². The van der Waals surface area contributed by atoms with Crippen molar-refractivity contribution < 1.29 is 4.79 Å². The van der Waals surface area contributed by atoms with Crippen LogP contribution in [0.25, 0.3) is 0 Å². The number of nitrogens with zero attached hydrogens (tertiary/aromatic N) is 1. The molecule has 0 spiro atoms. The Morgan fingerprint density at radius 3 is 2.50 bits per heavy atom. The summed E-state index contributed by atoms with van der Waals surface area (Å²) in [6, 6.07) is -0.407. The Morgan fingerprint density at radius 2 is 2.20 bits per heavy atom. The van der Waals surface area contributed by atoms with Gasteiger partial charge in [0.15, 0.2) is 0 Å². The minimum atomic E-state index is -0.407. The number of nitrogens with two attached hydrogens (primary N) is 1. The van der Waals surface area contributed by atoms with Gasteiger partial charge in [-0.25, -0.2) is 4.79 Å². The summed E-state index contributed by atoms with van der Waals surface area (Å²) >= 11 is 0. The molecule has 0 saturated carbocycles. The summed E-state index contributed by atoms with van der Waals surface area (Å²) in [6.45, 7) is 0.589. The molecule has 3 nitrogen and oxygen atoms in total. The van der Waals surface area contributed by atoms with E-state index in [9.17, 15) is 4.79 Å². The summed E-state index contributed by atoms with van der Waals surface area (Å²) < 4.78 is 0. The summed E-state index contributed by atoms with van der Waals surface area (Å²) in [7, 11) is 0. The lowest BCUT2D eigenvalue weighted by atomic mass is 10.4. The number of halogens is 1. The van der Waals surface area contributed by atoms with Crippen molar-refractivity contribution in [1.82, 2.24) is 4.90 Å². The van der Waals surface area contributed by atoms with Crippen LogP contribution in [0.4, 0.5) is 4.79 Å². The van der Waals surface area contributed by atoms with E-state index in [0.717, 1.165) is 0 Å².